The van der Waals surface area contributed by atoms with Crippen molar-refractivity contribution in [3.05, 3.63) is 64.7 Å². The SMILES string of the molecule is CCC(=NNC(=O)c1cc(Cl)ccc1O)c1ccccc1. The smallest absolute Gasteiger partial charge is 0.275 e. The molecule has 0 aliphatic heterocycles. The Morgan fingerprint density at radius 1 is 1.24 bits per heavy atom. The molecule has 0 radical (unpaired) electrons. The summed E-state index contributed by atoms with van der Waals surface area (Å²) in [5.74, 6) is -0.637. The third-order valence-electron chi connectivity index (χ3n) is 2.94. The Morgan fingerprint density at radius 3 is 2.62 bits per heavy atom. The first-order valence-corrected chi connectivity index (χ1v) is 6.90. The average Bonchev–Trinajstić information content (AvgIpc) is 2.51. The number of phenols is 1. The van der Waals surface area contributed by atoms with Gasteiger partial charge in [0.05, 0.1) is 11.3 Å². The summed E-state index contributed by atoms with van der Waals surface area (Å²) in [4.78, 5) is 12.0. The number of hydrazone groups is 1. The molecule has 0 unspecified atom stereocenters. The summed E-state index contributed by atoms with van der Waals surface area (Å²) in [5.41, 5.74) is 4.23. The minimum atomic E-state index is -0.503. The van der Waals surface area contributed by atoms with E-state index in [1.165, 1.54) is 18.2 Å². The summed E-state index contributed by atoms with van der Waals surface area (Å²) in [5, 5.41) is 14.2. The van der Waals surface area contributed by atoms with E-state index in [0.29, 0.717) is 11.4 Å². The van der Waals surface area contributed by atoms with Gasteiger partial charge < -0.3 is 5.11 Å². The summed E-state index contributed by atoms with van der Waals surface area (Å²) in [7, 11) is 0. The van der Waals surface area contributed by atoms with Crippen LogP contribution in [0, 0.1) is 0 Å². The van der Waals surface area contributed by atoms with Crippen LogP contribution in [0.2, 0.25) is 5.02 Å². The highest BCUT2D eigenvalue weighted by Crippen LogP contribution is 2.21. The molecular weight excluding hydrogens is 288 g/mol. The molecule has 0 fully saturated rings. The number of amides is 1. The van der Waals surface area contributed by atoms with Gasteiger partial charge in [0, 0.05) is 5.02 Å². The van der Waals surface area contributed by atoms with Gasteiger partial charge in [0.15, 0.2) is 0 Å². The van der Waals surface area contributed by atoms with Crippen molar-refractivity contribution in [2.45, 2.75) is 13.3 Å². The van der Waals surface area contributed by atoms with Crippen LogP contribution in [0.5, 0.6) is 5.75 Å². The van der Waals surface area contributed by atoms with Crippen molar-refractivity contribution in [2.75, 3.05) is 0 Å². The van der Waals surface area contributed by atoms with Gasteiger partial charge in [-0.3, -0.25) is 4.79 Å². The quantitative estimate of drug-likeness (QED) is 0.669. The van der Waals surface area contributed by atoms with Crippen molar-refractivity contribution in [3.63, 3.8) is 0 Å². The largest absolute Gasteiger partial charge is 0.507 e. The molecule has 0 aromatic heterocycles. The molecule has 2 aromatic carbocycles. The predicted octanol–water partition coefficient (Wildman–Crippen LogP) is 3.59. The number of nitrogens with zero attached hydrogens (tertiary/aromatic N) is 1. The summed E-state index contributed by atoms with van der Waals surface area (Å²) in [6.07, 6.45) is 0.672. The van der Waals surface area contributed by atoms with E-state index < -0.39 is 5.91 Å². The standard InChI is InChI=1S/C16H15ClN2O2/c1-2-14(11-6-4-3-5-7-11)18-19-16(21)13-10-12(17)8-9-15(13)20/h3-10,20H,2H2,1H3,(H,19,21). The lowest BCUT2D eigenvalue weighted by molar-refractivity contribution is 0.0952. The minimum Gasteiger partial charge on any atom is -0.507 e. The molecule has 0 aliphatic rings. The number of nitrogens with one attached hydrogen (secondary N) is 1. The molecule has 0 atom stereocenters. The first kappa shape index (κ1) is 15.1. The fourth-order valence-electron chi connectivity index (χ4n) is 1.85. The van der Waals surface area contributed by atoms with Crippen LogP contribution in [0.4, 0.5) is 0 Å². The normalized spacial score (nSPS) is 11.2. The number of hydrogen-bond acceptors (Lipinski definition) is 3. The Labute approximate surface area is 128 Å². The number of aromatic hydroxyl groups is 1. The van der Waals surface area contributed by atoms with E-state index >= 15 is 0 Å². The summed E-state index contributed by atoms with van der Waals surface area (Å²) in [6.45, 7) is 1.95. The first-order chi connectivity index (χ1) is 10.1. The zero-order chi connectivity index (χ0) is 15.2. The van der Waals surface area contributed by atoms with Gasteiger partial charge in [-0.2, -0.15) is 5.10 Å². The molecule has 0 saturated carbocycles. The van der Waals surface area contributed by atoms with E-state index in [9.17, 15) is 9.90 Å². The average molecular weight is 303 g/mol. The maximum atomic E-state index is 12.0. The van der Waals surface area contributed by atoms with Gasteiger partial charge in [-0.1, -0.05) is 48.9 Å². The zero-order valence-corrected chi connectivity index (χ0v) is 12.3. The van der Waals surface area contributed by atoms with Crippen LogP contribution in [0.15, 0.2) is 53.6 Å². The maximum absolute atomic E-state index is 12.0. The second-order valence-corrected chi connectivity index (χ2v) is 4.82. The topological polar surface area (TPSA) is 61.7 Å². The highest BCUT2D eigenvalue weighted by atomic mass is 35.5. The molecule has 0 aliphatic carbocycles. The molecule has 2 rings (SSSR count). The number of carbonyl (C=O) groups excluding carboxylic acids is 1. The highest BCUT2D eigenvalue weighted by molar-refractivity contribution is 6.31. The van der Waals surface area contributed by atoms with E-state index in [1.807, 2.05) is 37.3 Å². The number of carbonyl (C=O) groups is 1. The second-order valence-electron chi connectivity index (χ2n) is 4.38. The molecular formula is C16H15ClN2O2. The Hall–Kier alpha value is -2.33. The van der Waals surface area contributed by atoms with Crippen molar-refractivity contribution in [3.8, 4) is 5.75 Å². The molecule has 21 heavy (non-hydrogen) atoms. The number of rotatable bonds is 4. The molecule has 5 heteroatoms. The van der Waals surface area contributed by atoms with Crippen LogP contribution < -0.4 is 5.43 Å². The van der Waals surface area contributed by atoms with Crippen molar-refractivity contribution in [1.82, 2.24) is 5.43 Å². The molecule has 0 heterocycles. The van der Waals surface area contributed by atoms with Crippen LogP contribution in [-0.2, 0) is 0 Å². The van der Waals surface area contributed by atoms with E-state index in [0.717, 1.165) is 11.3 Å². The van der Waals surface area contributed by atoms with Crippen molar-refractivity contribution >= 4 is 23.2 Å². The van der Waals surface area contributed by atoms with E-state index in [-0.39, 0.29) is 11.3 Å². The number of phenolic OH excluding ortho intramolecular Hbond substituents is 1. The van der Waals surface area contributed by atoms with E-state index in [4.69, 9.17) is 11.6 Å². The lowest BCUT2D eigenvalue weighted by atomic mass is 10.1. The third-order valence-corrected chi connectivity index (χ3v) is 3.17. The van der Waals surface area contributed by atoms with Crippen molar-refractivity contribution in [2.24, 2.45) is 5.10 Å². The molecule has 4 nitrogen and oxygen atoms in total. The Morgan fingerprint density at radius 2 is 1.95 bits per heavy atom. The van der Waals surface area contributed by atoms with Crippen molar-refractivity contribution < 1.29 is 9.90 Å². The second kappa shape index (κ2) is 6.90. The van der Waals surface area contributed by atoms with Gasteiger partial charge in [-0.15, -0.1) is 0 Å². The van der Waals surface area contributed by atoms with Crippen molar-refractivity contribution in [1.29, 1.82) is 0 Å². The molecule has 2 aromatic rings. The van der Waals surface area contributed by atoms with Crippen LogP contribution in [0.3, 0.4) is 0 Å². The molecule has 0 saturated heterocycles. The molecule has 2 N–H and O–H groups in total. The summed E-state index contributed by atoms with van der Waals surface area (Å²) in [6, 6.07) is 13.9. The lowest BCUT2D eigenvalue weighted by Crippen LogP contribution is -2.20. The summed E-state index contributed by atoms with van der Waals surface area (Å²) >= 11 is 5.82. The molecule has 0 bridgehead atoms. The van der Waals surface area contributed by atoms with Crippen LogP contribution in [0.25, 0.3) is 0 Å². The van der Waals surface area contributed by atoms with Gasteiger partial charge in [0.2, 0.25) is 0 Å². The monoisotopic (exact) mass is 302 g/mol. The van der Waals surface area contributed by atoms with Gasteiger partial charge in [-0.25, -0.2) is 5.43 Å². The maximum Gasteiger partial charge on any atom is 0.275 e. The predicted molar refractivity (Wildman–Crippen MR) is 83.9 cm³/mol. The number of hydrogen-bond donors (Lipinski definition) is 2. The number of benzene rings is 2. The number of halogens is 1. The Balaban J connectivity index is 2.19. The summed E-state index contributed by atoms with van der Waals surface area (Å²) < 4.78 is 0. The highest BCUT2D eigenvalue weighted by Gasteiger charge is 2.11. The van der Waals surface area contributed by atoms with E-state index in [2.05, 4.69) is 10.5 Å². The van der Waals surface area contributed by atoms with Crippen LogP contribution in [0.1, 0.15) is 29.3 Å². The Kier molecular flexibility index (Phi) is 4.95. The van der Waals surface area contributed by atoms with E-state index in [1.54, 1.807) is 0 Å². The van der Waals surface area contributed by atoms with Gasteiger partial charge in [-0.05, 0) is 30.2 Å². The van der Waals surface area contributed by atoms with Gasteiger partial charge >= 0.3 is 0 Å². The lowest BCUT2D eigenvalue weighted by Gasteiger charge is -2.06. The zero-order valence-electron chi connectivity index (χ0n) is 11.5. The fourth-order valence-corrected chi connectivity index (χ4v) is 2.02. The third kappa shape index (κ3) is 3.83. The first-order valence-electron chi connectivity index (χ1n) is 6.52. The van der Waals surface area contributed by atoms with Crippen LogP contribution in [-0.4, -0.2) is 16.7 Å². The molecule has 1 amide bonds. The van der Waals surface area contributed by atoms with Crippen LogP contribution >= 0.6 is 11.6 Å². The minimum absolute atomic E-state index is 0.0924. The molecule has 0 spiro atoms. The van der Waals surface area contributed by atoms with Gasteiger partial charge in [0.1, 0.15) is 5.75 Å². The molecule has 108 valence electrons. The fraction of sp³-hybridized carbons (Fsp3) is 0.125. The Bertz CT molecular complexity index is 669. The van der Waals surface area contributed by atoms with Gasteiger partial charge in [0.25, 0.3) is 5.91 Å².